The van der Waals surface area contributed by atoms with Gasteiger partial charge in [0.25, 0.3) is 0 Å². The van der Waals surface area contributed by atoms with Crippen molar-refractivity contribution < 1.29 is 17.6 Å². The highest BCUT2D eigenvalue weighted by Gasteiger charge is 2.32. The number of halogens is 1. The number of amides is 2. The monoisotopic (exact) mass is 444 g/mol. The molecule has 1 aliphatic heterocycles. The molecule has 162 valence electrons. The van der Waals surface area contributed by atoms with Crippen molar-refractivity contribution in [2.24, 2.45) is 0 Å². The number of carbonyl (C=O) groups excluding carboxylic acids is 1. The molecule has 3 aromatic rings. The van der Waals surface area contributed by atoms with Gasteiger partial charge in [-0.25, -0.2) is 22.6 Å². The van der Waals surface area contributed by atoms with Crippen molar-refractivity contribution in [2.75, 3.05) is 29.1 Å². The highest BCUT2D eigenvalue weighted by atomic mass is 32.2. The van der Waals surface area contributed by atoms with E-state index in [4.69, 9.17) is 0 Å². The van der Waals surface area contributed by atoms with Crippen molar-refractivity contribution in [1.29, 1.82) is 0 Å². The molecule has 31 heavy (non-hydrogen) atoms. The van der Waals surface area contributed by atoms with Crippen LogP contribution in [0.25, 0.3) is 11.5 Å². The Hall–Kier alpha value is -3.34. The van der Waals surface area contributed by atoms with E-state index in [2.05, 4.69) is 15.2 Å². The number of rotatable bonds is 5. The second-order valence-corrected chi connectivity index (χ2v) is 9.49. The fourth-order valence-electron chi connectivity index (χ4n) is 3.45. The van der Waals surface area contributed by atoms with Gasteiger partial charge in [-0.15, -0.1) is 10.2 Å². The Morgan fingerprint density at radius 3 is 2.52 bits per heavy atom. The Bertz CT molecular complexity index is 1260. The van der Waals surface area contributed by atoms with Crippen LogP contribution in [0.15, 0.2) is 47.6 Å². The van der Waals surface area contributed by atoms with E-state index in [0.29, 0.717) is 30.4 Å². The van der Waals surface area contributed by atoms with Crippen LogP contribution < -0.4 is 9.80 Å². The Morgan fingerprint density at radius 2 is 1.84 bits per heavy atom. The van der Waals surface area contributed by atoms with E-state index in [0.717, 1.165) is 12.3 Å². The van der Waals surface area contributed by atoms with E-state index in [9.17, 15) is 17.6 Å². The Balaban J connectivity index is 1.62. The standard InChI is InChI=1S/C20H21FN6O3S/c1-13(2)27-12-22-24-19(27)16-5-4-6-18(23-16)26-10-9-25(20(26)28)14-7-8-17(15(21)11-14)31(3,29)30/h4-8,11-13H,9-10H2,1-3H3. The molecule has 0 atom stereocenters. The van der Waals surface area contributed by atoms with Gasteiger partial charge in [0.1, 0.15) is 28.6 Å². The minimum Gasteiger partial charge on any atom is -0.310 e. The summed E-state index contributed by atoms with van der Waals surface area (Å²) in [6.07, 6.45) is 2.57. The fourth-order valence-corrected chi connectivity index (χ4v) is 4.18. The van der Waals surface area contributed by atoms with Crippen molar-refractivity contribution in [3.05, 3.63) is 48.5 Å². The highest BCUT2D eigenvalue weighted by molar-refractivity contribution is 7.90. The summed E-state index contributed by atoms with van der Waals surface area (Å²) in [6.45, 7) is 4.67. The summed E-state index contributed by atoms with van der Waals surface area (Å²) in [6, 6.07) is 8.73. The molecule has 1 saturated heterocycles. The van der Waals surface area contributed by atoms with Crippen LogP contribution in [0.4, 0.5) is 20.7 Å². The van der Waals surface area contributed by atoms with Crippen LogP contribution in [0.3, 0.4) is 0 Å². The summed E-state index contributed by atoms with van der Waals surface area (Å²) < 4.78 is 39.5. The average molecular weight is 444 g/mol. The van der Waals surface area contributed by atoms with Gasteiger partial charge in [-0.3, -0.25) is 9.80 Å². The number of urea groups is 1. The molecular formula is C20H21FN6O3S. The van der Waals surface area contributed by atoms with Crippen molar-refractivity contribution in [1.82, 2.24) is 19.7 Å². The molecule has 0 saturated carbocycles. The van der Waals surface area contributed by atoms with Crippen LogP contribution in [0.1, 0.15) is 19.9 Å². The average Bonchev–Trinajstić information content (AvgIpc) is 3.34. The van der Waals surface area contributed by atoms with Crippen LogP contribution in [0.5, 0.6) is 0 Å². The zero-order valence-corrected chi connectivity index (χ0v) is 18.0. The van der Waals surface area contributed by atoms with Gasteiger partial charge >= 0.3 is 6.03 Å². The topological polar surface area (TPSA) is 101 Å². The molecule has 0 bridgehead atoms. The third-order valence-corrected chi connectivity index (χ3v) is 6.14. The summed E-state index contributed by atoms with van der Waals surface area (Å²) in [7, 11) is -3.69. The quantitative estimate of drug-likeness (QED) is 0.600. The highest BCUT2D eigenvalue weighted by Crippen LogP contribution is 2.28. The second kappa shape index (κ2) is 7.73. The molecular weight excluding hydrogens is 423 g/mol. The number of nitrogens with zero attached hydrogens (tertiary/aromatic N) is 6. The molecule has 9 nitrogen and oxygen atoms in total. The second-order valence-electron chi connectivity index (χ2n) is 7.51. The SMILES string of the molecule is CC(C)n1cnnc1-c1cccc(N2CCN(c3ccc(S(C)(=O)=O)c(F)c3)C2=O)n1. The van der Waals surface area contributed by atoms with E-state index in [1.54, 1.807) is 24.5 Å². The van der Waals surface area contributed by atoms with Gasteiger partial charge in [0.05, 0.1) is 0 Å². The van der Waals surface area contributed by atoms with Crippen molar-refractivity contribution in [2.45, 2.75) is 24.8 Å². The molecule has 4 rings (SSSR count). The smallest absolute Gasteiger partial charge is 0.310 e. The maximum absolute atomic E-state index is 14.3. The van der Waals surface area contributed by atoms with Crippen molar-refractivity contribution >= 4 is 27.4 Å². The van der Waals surface area contributed by atoms with Gasteiger partial charge in [-0.05, 0) is 44.2 Å². The first-order valence-electron chi connectivity index (χ1n) is 9.62. The van der Waals surface area contributed by atoms with Gasteiger partial charge in [-0.1, -0.05) is 6.07 Å². The van der Waals surface area contributed by atoms with Crippen LogP contribution in [0, 0.1) is 5.82 Å². The molecule has 2 amide bonds. The molecule has 3 heterocycles. The van der Waals surface area contributed by atoms with Gasteiger partial charge in [0.15, 0.2) is 15.7 Å². The third kappa shape index (κ3) is 3.88. The Morgan fingerprint density at radius 1 is 1.10 bits per heavy atom. The molecule has 1 aromatic carbocycles. The van der Waals surface area contributed by atoms with Crippen LogP contribution in [-0.2, 0) is 9.84 Å². The lowest BCUT2D eigenvalue weighted by molar-refractivity contribution is 0.255. The molecule has 2 aromatic heterocycles. The van der Waals surface area contributed by atoms with Crippen LogP contribution >= 0.6 is 0 Å². The lowest BCUT2D eigenvalue weighted by Crippen LogP contribution is -2.32. The number of carbonyl (C=O) groups is 1. The van der Waals surface area contributed by atoms with E-state index >= 15 is 0 Å². The zero-order valence-electron chi connectivity index (χ0n) is 17.2. The summed E-state index contributed by atoms with van der Waals surface area (Å²) >= 11 is 0. The van der Waals surface area contributed by atoms with E-state index in [1.807, 2.05) is 18.4 Å². The van der Waals surface area contributed by atoms with Gasteiger partial charge < -0.3 is 4.57 Å². The van der Waals surface area contributed by atoms with Crippen molar-refractivity contribution in [3.63, 3.8) is 0 Å². The summed E-state index contributed by atoms with van der Waals surface area (Å²) in [5, 5.41) is 8.09. The minimum atomic E-state index is -3.69. The van der Waals surface area contributed by atoms with Gasteiger partial charge in [0.2, 0.25) is 0 Å². The first-order valence-corrected chi connectivity index (χ1v) is 11.5. The molecule has 1 aliphatic rings. The number of sulfone groups is 1. The predicted molar refractivity (Wildman–Crippen MR) is 113 cm³/mol. The van der Waals surface area contributed by atoms with Crippen LogP contribution in [0.2, 0.25) is 0 Å². The van der Waals surface area contributed by atoms with E-state index in [1.165, 1.54) is 21.9 Å². The number of anilines is 2. The lowest BCUT2D eigenvalue weighted by atomic mass is 10.3. The fraction of sp³-hybridized carbons (Fsp3) is 0.300. The van der Waals surface area contributed by atoms with Gasteiger partial charge in [-0.2, -0.15) is 0 Å². The maximum atomic E-state index is 14.3. The van der Waals surface area contributed by atoms with Gasteiger partial charge in [0, 0.05) is 31.1 Å². The number of aromatic nitrogens is 4. The normalized spacial score (nSPS) is 14.7. The summed E-state index contributed by atoms with van der Waals surface area (Å²) in [4.78, 5) is 20.1. The zero-order chi connectivity index (χ0) is 22.3. The Labute approximate surface area is 179 Å². The molecule has 0 unspecified atom stereocenters. The number of hydrogen-bond donors (Lipinski definition) is 0. The molecule has 0 N–H and O–H groups in total. The first kappa shape index (κ1) is 20.9. The Kier molecular flexibility index (Phi) is 5.21. The summed E-state index contributed by atoms with van der Waals surface area (Å²) in [5.74, 6) is 0.148. The van der Waals surface area contributed by atoms with E-state index < -0.39 is 20.5 Å². The molecule has 1 fully saturated rings. The maximum Gasteiger partial charge on any atom is 0.330 e. The number of benzene rings is 1. The van der Waals surface area contributed by atoms with Crippen LogP contribution in [-0.4, -0.2) is 53.5 Å². The third-order valence-electron chi connectivity index (χ3n) is 5.01. The largest absolute Gasteiger partial charge is 0.330 e. The first-order chi connectivity index (χ1) is 14.7. The number of hydrogen-bond acceptors (Lipinski definition) is 6. The summed E-state index contributed by atoms with van der Waals surface area (Å²) in [5.41, 5.74) is 0.867. The molecule has 0 spiro atoms. The molecule has 0 radical (unpaired) electrons. The number of pyridine rings is 1. The lowest BCUT2D eigenvalue weighted by Gasteiger charge is -2.19. The minimum absolute atomic E-state index is 0.143. The van der Waals surface area contributed by atoms with E-state index in [-0.39, 0.29) is 17.8 Å². The predicted octanol–water partition coefficient (Wildman–Crippen LogP) is 2.91. The van der Waals surface area contributed by atoms with Crippen molar-refractivity contribution in [3.8, 4) is 11.5 Å². The molecule has 0 aliphatic carbocycles. The molecule has 11 heteroatoms.